The van der Waals surface area contributed by atoms with E-state index in [1.807, 2.05) is 54.8 Å². The number of carbonyl (C=O) groups excluding carboxylic acids is 2. The molecule has 0 spiro atoms. The fourth-order valence-corrected chi connectivity index (χ4v) is 5.45. The van der Waals surface area contributed by atoms with E-state index in [1.54, 1.807) is 31.3 Å². The molecule has 1 fully saturated rings. The van der Waals surface area contributed by atoms with Gasteiger partial charge in [-0.15, -0.1) is 11.3 Å². The molecule has 0 aliphatic heterocycles. The summed E-state index contributed by atoms with van der Waals surface area (Å²) in [5, 5.41) is 5.22. The number of ether oxygens (including phenoxy) is 2. The van der Waals surface area contributed by atoms with Crippen molar-refractivity contribution < 1.29 is 19.1 Å². The molecule has 1 aromatic heterocycles. The second kappa shape index (κ2) is 12.1. The Morgan fingerprint density at radius 2 is 1.72 bits per heavy atom. The molecule has 0 radical (unpaired) electrons. The minimum Gasteiger partial charge on any atom is -0.493 e. The zero-order valence-corrected chi connectivity index (χ0v) is 22.0. The van der Waals surface area contributed by atoms with Crippen LogP contribution in [0.3, 0.4) is 0 Å². The lowest BCUT2D eigenvalue weighted by Gasteiger charge is -2.34. The van der Waals surface area contributed by atoms with E-state index >= 15 is 0 Å². The Kier molecular flexibility index (Phi) is 8.65. The van der Waals surface area contributed by atoms with Gasteiger partial charge in [-0.25, -0.2) is 0 Å². The van der Waals surface area contributed by atoms with Crippen LogP contribution >= 0.6 is 11.3 Å². The second-order valence-electron chi connectivity index (χ2n) is 9.22. The van der Waals surface area contributed by atoms with Crippen LogP contribution in [-0.2, 0) is 16.0 Å². The minimum atomic E-state index is -0.859. The van der Waals surface area contributed by atoms with Crippen molar-refractivity contribution in [2.45, 2.75) is 57.5 Å². The van der Waals surface area contributed by atoms with E-state index in [0.717, 1.165) is 36.1 Å². The molecule has 2 aromatic carbocycles. The molecule has 2 amide bonds. The summed E-state index contributed by atoms with van der Waals surface area (Å²) in [6, 6.07) is 16.3. The molecule has 1 atom stereocenters. The van der Waals surface area contributed by atoms with Crippen molar-refractivity contribution in [2.75, 3.05) is 19.1 Å². The topological polar surface area (TPSA) is 67.9 Å². The molecule has 6 nitrogen and oxygen atoms in total. The second-order valence-corrected chi connectivity index (χ2v) is 10.2. The molecule has 1 aliphatic rings. The Balaban J connectivity index is 1.79. The first-order chi connectivity index (χ1) is 17.5. The van der Waals surface area contributed by atoms with Crippen LogP contribution in [0.5, 0.6) is 11.5 Å². The molecule has 4 rings (SSSR count). The van der Waals surface area contributed by atoms with Gasteiger partial charge in [-0.05, 0) is 61.0 Å². The fourth-order valence-electron chi connectivity index (χ4n) is 4.76. The molecule has 190 valence electrons. The summed E-state index contributed by atoms with van der Waals surface area (Å²) in [5.41, 5.74) is 2.43. The minimum absolute atomic E-state index is 0.112. The summed E-state index contributed by atoms with van der Waals surface area (Å²) in [7, 11) is 3.15. The molecule has 1 unspecified atom stereocenters. The van der Waals surface area contributed by atoms with Crippen LogP contribution in [0.4, 0.5) is 5.69 Å². The number of methoxy groups -OCH3 is 2. The van der Waals surface area contributed by atoms with Gasteiger partial charge in [0.15, 0.2) is 11.5 Å². The van der Waals surface area contributed by atoms with Crippen LogP contribution in [-0.4, -0.2) is 32.1 Å². The predicted octanol–water partition coefficient (Wildman–Crippen LogP) is 5.84. The summed E-state index contributed by atoms with van der Waals surface area (Å²) in [6.07, 6.45) is 5.53. The number of amides is 2. The van der Waals surface area contributed by atoms with Gasteiger partial charge in [-0.3, -0.25) is 14.5 Å². The maximum absolute atomic E-state index is 14.0. The maximum atomic E-state index is 14.0. The summed E-state index contributed by atoms with van der Waals surface area (Å²) in [4.78, 5) is 30.5. The van der Waals surface area contributed by atoms with Gasteiger partial charge in [-0.1, -0.05) is 49.1 Å². The largest absolute Gasteiger partial charge is 0.493 e. The van der Waals surface area contributed by atoms with E-state index in [0.29, 0.717) is 22.7 Å². The maximum Gasteiger partial charge on any atom is 0.248 e. The van der Waals surface area contributed by atoms with Crippen LogP contribution in [0.1, 0.15) is 54.1 Å². The Hall–Kier alpha value is -3.32. The van der Waals surface area contributed by atoms with Crippen molar-refractivity contribution in [3.8, 4) is 11.5 Å². The monoisotopic (exact) mass is 506 g/mol. The van der Waals surface area contributed by atoms with Crippen molar-refractivity contribution in [2.24, 2.45) is 0 Å². The van der Waals surface area contributed by atoms with Crippen LogP contribution in [0.25, 0.3) is 0 Å². The summed E-state index contributed by atoms with van der Waals surface area (Å²) >= 11 is 1.54. The van der Waals surface area contributed by atoms with Crippen LogP contribution in [0.2, 0.25) is 0 Å². The van der Waals surface area contributed by atoms with Crippen LogP contribution in [0.15, 0.2) is 60.0 Å². The molecule has 0 bridgehead atoms. The number of nitrogens with one attached hydrogen (secondary N) is 1. The lowest BCUT2D eigenvalue weighted by atomic mass is 9.94. The third-order valence-electron chi connectivity index (χ3n) is 6.67. The zero-order valence-electron chi connectivity index (χ0n) is 21.2. The van der Waals surface area contributed by atoms with Gasteiger partial charge in [0.1, 0.15) is 6.04 Å². The van der Waals surface area contributed by atoms with E-state index in [4.69, 9.17) is 9.47 Å². The van der Waals surface area contributed by atoms with E-state index in [-0.39, 0.29) is 24.3 Å². The van der Waals surface area contributed by atoms with Gasteiger partial charge in [0.25, 0.3) is 0 Å². The Morgan fingerprint density at radius 3 is 2.36 bits per heavy atom. The lowest BCUT2D eigenvalue weighted by Crippen LogP contribution is -2.47. The van der Waals surface area contributed by atoms with Gasteiger partial charge in [0, 0.05) is 16.6 Å². The molecule has 36 heavy (non-hydrogen) atoms. The van der Waals surface area contributed by atoms with Crippen LogP contribution < -0.4 is 19.7 Å². The number of thiophene rings is 1. The molecule has 7 heteroatoms. The molecule has 1 aliphatic carbocycles. The molecule has 0 saturated heterocycles. The Bertz CT molecular complexity index is 1150. The first-order valence-electron chi connectivity index (χ1n) is 12.4. The van der Waals surface area contributed by atoms with Gasteiger partial charge in [0.05, 0.1) is 20.6 Å². The molecular weight excluding hydrogens is 472 g/mol. The van der Waals surface area contributed by atoms with Gasteiger partial charge in [0.2, 0.25) is 11.8 Å². The number of benzene rings is 2. The summed E-state index contributed by atoms with van der Waals surface area (Å²) in [6.45, 7) is 2.00. The number of nitrogens with zero attached hydrogens (tertiary/aromatic N) is 1. The van der Waals surface area contributed by atoms with Crippen molar-refractivity contribution in [1.82, 2.24) is 5.32 Å². The number of aryl methyl sites for hydroxylation is 1. The molecule has 3 aromatic rings. The normalized spacial score (nSPS) is 14.6. The zero-order chi connectivity index (χ0) is 25.5. The summed E-state index contributed by atoms with van der Waals surface area (Å²) < 4.78 is 11.0. The third kappa shape index (κ3) is 6.08. The molecular formula is C29H34N2O4S. The number of rotatable bonds is 9. The van der Waals surface area contributed by atoms with Crippen molar-refractivity contribution >= 4 is 28.8 Å². The molecule has 1 saturated carbocycles. The highest BCUT2D eigenvalue weighted by molar-refractivity contribution is 7.10. The van der Waals surface area contributed by atoms with E-state index in [9.17, 15) is 9.59 Å². The van der Waals surface area contributed by atoms with Crippen molar-refractivity contribution in [3.63, 3.8) is 0 Å². The van der Waals surface area contributed by atoms with E-state index < -0.39 is 6.04 Å². The molecule has 1 N–H and O–H groups in total. The fraction of sp³-hybridized carbons (Fsp3) is 0.379. The van der Waals surface area contributed by atoms with Crippen molar-refractivity contribution in [3.05, 3.63) is 76.0 Å². The first kappa shape index (κ1) is 25.8. The average molecular weight is 507 g/mol. The van der Waals surface area contributed by atoms with E-state index in [1.165, 1.54) is 17.8 Å². The molecule has 1 heterocycles. The van der Waals surface area contributed by atoms with Crippen molar-refractivity contribution in [1.29, 1.82) is 0 Å². The number of hydrogen-bond acceptors (Lipinski definition) is 5. The predicted molar refractivity (Wildman–Crippen MR) is 144 cm³/mol. The quantitative estimate of drug-likeness (QED) is 0.396. The number of hydrogen-bond donors (Lipinski definition) is 1. The van der Waals surface area contributed by atoms with Gasteiger partial charge >= 0.3 is 0 Å². The van der Waals surface area contributed by atoms with Crippen LogP contribution in [0, 0.1) is 6.92 Å². The smallest absolute Gasteiger partial charge is 0.248 e. The highest BCUT2D eigenvalue weighted by Crippen LogP contribution is 2.35. The standard InChI is InChI=1S/C29H34N2O4S/c1-20-11-14-23(15-12-20)31(27(32)19-24-10-7-17-36-24)28(29(33)30-22-8-5-4-6-9-22)21-13-16-25(34-2)26(18-21)35-3/h7,10-18,22,28H,4-6,8-9,19H2,1-3H3,(H,30,33). The third-order valence-corrected chi connectivity index (χ3v) is 7.54. The highest BCUT2D eigenvalue weighted by atomic mass is 32.1. The lowest BCUT2D eigenvalue weighted by molar-refractivity contribution is -0.127. The Morgan fingerprint density at radius 1 is 1.00 bits per heavy atom. The first-order valence-corrected chi connectivity index (χ1v) is 13.3. The van der Waals surface area contributed by atoms with Gasteiger partial charge in [-0.2, -0.15) is 0 Å². The SMILES string of the molecule is COc1ccc(C(C(=O)NC2CCCCC2)N(C(=O)Cc2cccs2)c2ccc(C)cc2)cc1OC. The highest BCUT2D eigenvalue weighted by Gasteiger charge is 2.34. The Labute approximate surface area is 217 Å². The number of carbonyl (C=O) groups is 2. The summed E-state index contributed by atoms with van der Waals surface area (Å²) in [5.74, 6) is 0.758. The number of anilines is 1. The average Bonchev–Trinajstić information content (AvgIpc) is 3.41. The van der Waals surface area contributed by atoms with Gasteiger partial charge < -0.3 is 14.8 Å². The van der Waals surface area contributed by atoms with E-state index in [2.05, 4.69) is 5.32 Å².